The van der Waals surface area contributed by atoms with Crippen LogP contribution in [0.5, 0.6) is 0 Å². The van der Waals surface area contributed by atoms with Crippen LogP contribution in [0.4, 0.5) is 0 Å². The van der Waals surface area contributed by atoms with Crippen LogP contribution in [-0.4, -0.2) is 37.2 Å². The number of allylic oxidation sites excluding steroid dienone is 10. The van der Waals surface area contributed by atoms with Gasteiger partial charge in [0.05, 0.1) is 0 Å². The van der Waals surface area contributed by atoms with Crippen molar-refractivity contribution < 1.29 is 28.6 Å². The number of unbranched alkanes of at least 4 members (excludes halogenated alkanes) is 28. The highest BCUT2D eigenvalue weighted by Crippen LogP contribution is 2.15. The van der Waals surface area contributed by atoms with Gasteiger partial charge in [-0.2, -0.15) is 0 Å². The lowest BCUT2D eigenvalue weighted by Gasteiger charge is -2.18. The summed E-state index contributed by atoms with van der Waals surface area (Å²) in [5.41, 5.74) is 0. The standard InChI is InChI=1S/C58H102O6/c1-4-7-10-13-16-19-21-23-25-27-29-31-33-35-37-39-42-45-48-51-57(60)63-54-55(53-62-56(59)50-47-44-41-18-15-12-9-6-3)64-58(61)52-49-46-43-40-38-36-34-32-30-28-26-24-22-20-17-14-11-8-5-2/h16-17,19-20,23-26,29,31,55H,4-15,18,21-22,27-28,30,32-54H2,1-3H3/b19-16-,20-17-,25-23-,26-24-,31-29-. The summed E-state index contributed by atoms with van der Waals surface area (Å²) in [6.45, 7) is 6.56. The molecule has 370 valence electrons. The molecule has 0 aromatic carbocycles. The zero-order chi connectivity index (χ0) is 46.5. The van der Waals surface area contributed by atoms with Crippen molar-refractivity contribution in [3.05, 3.63) is 60.8 Å². The third-order valence-electron chi connectivity index (χ3n) is 11.7. The Kier molecular flexibility index (Phi) is 50.4. The van der Waals surface area contributed by atoms with Gasteiger partial charge in [0.1, 0.15) is 13.2 Å². The SMILES string of the molecule is CCCCC/C=C\C/C=C\C/C=C\CCCCCCCCC(=O)OCC(COC(=O)CCCCCCCCCC)OC(=O)CCCCCCCCCCC/C=C\C/C=C\CCCCC. The summed E-state index contributed by atoms with van der Waals surface area (Å²) in [5.74, 6) is -0.894. The fourth-order valence-corrected chi connectivity index (χ4v) is 7.60. The molecule has 1 unspecified atom stereocenters. The molecule has 0 saturated carbocycles. The Morgan fingerprint density at radius 2 is 0.562 bits per heavy atom. The second kappa shape index (κ2) is 52.7. The van der Waals surface area contributed by atoms with Crippen molar-refractivity contribution in [3.8, 4) is 0 Å². The number of hydrogen-bond donors (Lipinski definition) is 0. The molecule has 0 aliphatic carbocycles. The van der Waals surface area contributed by atoms with Gasteiger partial charge in [-0.1, -0.05) is 223 Å². The Labute approximate surface area is 396 Å². The van der Waals surface area contributed by atoms with Gasteiger partial charge in [-0.25, -0.2) is 0 Å². The van der Waals surface area contributed by atoms with Gasteiger partial charge in [0.25, 0.3) is 0 Å². The van der Waals surface area contributed by atoms with E-state index in [9.17, 15) is 14.4 Å². The van der Waals surface area contributed by atoms with Gasteiger partial charge in [-0.3, -0.25) is 14.4 Å². The largest absolute Gasteiger partial charge is 0.462 e. The van der Waals surface area contributed by atoms with Crippen LogP contribution < -0.4 is 0 Å². The second-order valence-electron chi connectivity index (χ2n) is 18.1. The fourth-order valence-electron chi connectivity index (χ4n) is 7.60. The fraction of sp³-hybridized carbons (Fsp3) is 0.776. The molecule has 6 nitrogen and oxygen atoms in total. The third kappa shape index (κ3) is 50.1. The van der Waals surface area contributed by atoms with Crippen molar-refractivity contribution in [2.45, 2.75) is 277 Å². The minimum absolute atomic E-state index is 0.0789. The molecular weight excluding hydrogens is 793 g/mol. The molecule has 0 saturated heterocycles. The minimum Gasteiger partial charge on any atom is -0.462 e. The molecule has 0 fully saturated rings. The molecule has 0 heterocycles. The molecule has 0 aromatic rings. The molecule has 0 N–H and O–H groups in total. The second-order valence-corrected chi connectivity index (χ2v) is 18.1. The van der Waals surface area contributed by atoms with Crippen LogP contribution in [0.15, 0.2) is 60.8 Å². The number of ether oxygens (including phenoxy) is 3. The van der Waals surface area contributed by atoms with E-state index in [1.807, 2.05) is 0 Å². The molecule has 0 spiro atoms. The summed E-state index contributed by atoms with van der Waals surface area (Å²) < 4.78 is 16.8. The Hall–Kier alpha value is -2.89. The number of rotatable bonds is 49. The lowest BCUT2D eigenvalue weighted by atomic mass is 10.1. The third-order valence-corrected chi connectivity index (χ3v) is 11.7. The topological polar surface area (TPSA) is 78.9 Å². The first kappa shape index (κ1) is 61.1. The molecule has 6 heteroatoms. The molecule has 0 aliphatic heterocycles. The summed E-state index contributed by atoms with van der Waals surface area (Å²) in [6.07, 6.45) is 65.0. The number of hydrogen-bond acceptors (Lipinski definition) is 6. The predicted molar refractivity (Wildman–Crippen MR) is 275 cm³/mol. The smallest absolute Gasteiger partial charge is 0.306 e. The summed E-state index contributed by atoms with van der Waals surface area (Å²) >= 11 is 0. The number of esters is 3. The van der Waals surface area contributed by atoms with Crippen molar-refractivity contribution in [2.24, 2.45) is 0 Å². The van der Waals surface area contributed by atoms with E-state index >= 15 is 0 Å². The normalized spacial score (nSPS) is 12.5. The van der Waals surface area contributed by atoms with Crippen LogP contribution in [0.3, 0.4) is 0 Å². The van der Waals surface area contributed by atoms with E-state index in [1.54, 1.807) is 0 Å². The predicted octanol–water partition coefficient (Wildman–Crippen LogP) is 18.0. The number of carbonyl (C=O) groups is 3. The summed E-state index contributed by atoms with van der Waals surface area (Å²) in [7, 11) is 0. The van der Waals surface area contributed by atoms with E-state index in [1.165, 1.54) is 148 Å². The molecule has 64 heavy (non-hydrogen) atoms. The first-order chi connectivity index (χ1) is 31.5. The van der Waals surface area contributed by atoms with Crippen LogP contribution in [0, 0.1) is 0 Å². The Morgan fingerprint density at radius 1 is 0.312 bits per heavy atom. The lowest BCUT2D eigenvalue weighted by molar-refractivity contribution is -0.167. The molecular formula is C58H102O6. The van der Waals surface area contributed by atoms with Gasteiger partial charge in [0.15, 0.2) is 6.10 Å². The molecule has 1 atom stereocenters. The van der Waals surface area contributed by atoms with Crippen LogP contribution in [-0.2, 0) is 28.6 Å². The minimum atomic E-state index is -0.779. The number of carbonyl (C=O) groups excluding carboxylic acids is 3. The van der Waals surface area contributed by atoms with Gasteiger partial charge in [0.2, 0.25) is 0 Å². The highest BCUT2D eigenvalue weighted by Gasteiger charge is 2.19. The van der Waals surface area contributed by atoms with Gasteiger partial charge in [-0.05, 0) is 89.9 Å². The highest BCUT2D eigenvalue weighted by atomic mass is 16.6. The first-order valence-electron chi connectivity index (χ1n) is 27.3. The maximum atomic E-state index is 12.8. The van der Waals surface area contributed by atoms with Crippen molar-refractivity contribution >= 4 is 17.9 Å². The Balaban J connectivity index is 4.29. The van der Waals surface area contributed by atoms with E-state index < -0.39 is 6.10 Å². The van der Waals surface area contributed by atoms with Crippen LogP contribution in [0.1, 0.15) is 271 Å². The maximum absolute atomic E-state index is 12.8. The van der Waals surface area contributed by atoms with E-state index in [0.717, 1.165) is 83.5 Å². The Bertz CT molecular complexity index is 1170. The molecule has 0 radical (unpaired) electrons. The summed E-state index contributed by atoms with van der Waals surface area (Å²) in [6, 6.07) is 0. The molecule has 0 aliphatic rings. The van der Waals surface area contributed by atoms with Gasteiger partial charge >= 0.3 is 17.9 Å². The molecule has 0 amide bonds. The molecule has 0 rings (SSSR count). The maximum Gasteiger partial charge on any atom is 0.306 e. The van der Waals surface area contributed by atoms with Crippen LogP contribution in [0.25, 0.3) is 0 Å². The van der Waals surface area contributed by atoms with Crippen molar-refractivity contribution in [2.75, 3.05) is 13.2 Å². The van der Waals surface area contributed by atoms with Crippen LogP contribution in [0.2, 0.25) is 0 Å². The Morgan fingerprint density at radius 3 is 0.906 bits per heavy atom. The lowest BCUT2D eigenvalue weighted by Crippen LogP contribution is -2.30. The average molecular weight is 895 g/mol. The van der Waals surface area contributed by atoms with Crippen molar-refractivity contribution in [1.82, 2.24) is 0 Å². The average Bonchev–Trinajstić information content (AvgIpc) is 3.29. The van der Waals surface area contributed by atoms with Crippen molar-refractivity contribution in [1.29, 1.82) is 0 Å². The van der Waals surface area contributed by atoms with Crippen molar-refractivity contribution in [3.63, 3.8) is 0 Å². The molecule has 0 bridgehead atoms. The zero-order valence-corrected chi connectivity index (χ0v) is 42.3. The van der Waals surface area contributed by atoms with Gasteiger partial charge < -0.3 is 14.2 Å². The van der Waals surface area contributed by atoms with E-state index in [4.69, 9.17) is 14.2 Å². The van der Waals surface area contributed by atoms with Gasteiger partial charge in [0, 0.05) is 19.3 Å². The summed E-state index contributed by atoms with van der Waals surface area (Å²) in [4.78, 5) is 37.9. The first-order valence-corrected chi connectivity index (χ1v) is 27.3. The zero-order valence-electron chi connectivity index (χ0n) is 42.3. The van der Waals surface area contributed by atoms with E-state index in [-0.39, 0.29) is 31.1 Å². The highest BCUT2D eigenvalue weighted by molar-refractivity contribution is 5.71. The van der Waals surface area contributed by atoms with E-state index in [0.29, 0.717) is 19.3 Å². The monoisotopic (exact) mass is 895 g/mol. The van der Waals surface area contributed by atoms with Crippen LogP contribution >= 0.6 is 0 Å². The quantitative estimate of drug-likeness (QED) is 0.0262. The van der Waals surface area contributed by atoms with E-state index in [2.05, 4.69) is 81.5 Å². The summed E-state index contributed by atoms with van der Waals surface area (Å²) in [5, 5.41) is 0. The molecule has 0 aromatic heterocycles. The van der Waals surface area contributed by atoms with Gasteiger partial charge in [-0.15, -0.1) is 0 Å².